The Bertz CT molecular complexity index is 648. The molecule has 0 saturated heterocycles. The lowest BCUT2D eigenvalue weighted by molar-refractivity contribution is 0.391. The van der Waals surface area contributed by atoms with Crippen molar-refractivity contribution < 1.29 is 9.13 Å². The fourth-order valence-corrected chi connectivity index (χ4v) is 2.43. The lowest BCUT2D eigenvalue weighted by Gasteiger charge is -2.12. The first-order valence-electron chi connectivity index (χ1n) is 6.93. The van der Waals surface area contributed by atoms with Crippen LogP contribution in [0.2, 0.25) is 0 Å². The van der Waals surface area contributed by atoms with Gasteiger partial charge >= 0.3 is 0 Å². The van der Waals surface area contributed by atoms with Gasteiger partial charge in [0.05, 0.1) is 12.8 Å². The second kappa shape index (κ2) is 6.05. The number of nitrogens with one attached hydrogen (secondary N) is 2. The van der Waals surface area contributed by atoms with Crippen LogP contribution in [0.4, 0.5) is 16.0 Å². The molecule has 5 nitrogen and oxygen atoms in total. The van der Waals surface area contributed by atoms with E-state index in [0.717, 1.165) is 37.2 Å². The number of ether oxygens (including phenoxy) is 1. The molecule has 6 heteroatoms. The fourth-order valence-electron chi connectivity index (χ4n) is 2.43. The summed E-state index contributed by atoms with van der Waals surface area (Å²) in [4.78, 5) is 8.92. The Kier molecular flexibility index (Phi) is 3.96. The lowest BCUT2D eigenvalue weighted by atomic mass is 10.1. The van der Waals surface area contributed by atoms with Crippen LogP contribution in [0, 0.1) is 5.82 Å². The largest absolute Gasteiger partial charge is 0.481 e. The number of rotatable bonds is 3. The van der Waals surface area contributed by atoms with Crippen molar-refractivity contribution in [1.29, 1.82) is 0 Å². The van der Waals surface area contributed by atoms with Crippen molar-refractivity contribution in [3.63, 3.8) is 0 Å². The van der Waals surface area contributed by atoms with Crippen LogP contribution in [0.15, 0.2) is 24.3 Å². The number of nitrogens with zero attached hydrogens (tertiary/aromatic N) is 2. The van der Waals surface area contributed by atoms with Crippen LogP contribution in [-0.4, -0.2) is 30.2 Å². The molecule has 0 saturated carbocycles. The van der Waals surface area contributed by atoms with Crippen molar-refractivity contribution in [2.24, 2.45) is 0 Å². The number of hydrogen-bond donors (Lipinski definition) is 2. The van der Waals surface area contributed by atoms with E-state index in [1.54, 1.807) is 19.2 Å². The average molecular weight is 288 g/mol. The zero-order valence-corrected chi connectivity index (χ0v) is 11.8. The topological polar surface area (TPSA) is 59.1 Å². The van der Waals surface area contributed by atoms with E-state index in [-0.39, 0.29) is 5.82 Å². The molecule has 0 radical (unpaired) electrons. The molecule has 0 fully saturated rings. The summed E-state index contributed by atoms with van der Waals surface area (Å²) in [7, 11) is 1.60. The summed E-state index contributed by atoms with van der Waals surface area (Å²) < 4.78 is 18.6. The second-order valence-electron chi connectivity index (χ2n) is 4.87. The number of benzene rings is 1. The third kappa shape index (κ3) is 3.11. The molecule has 0 atom stereocenters. The van der Waals surface area contributed by atoms with Crippen molar-refractivity contribution in [1.82, 2.24) is 15.3 Å². The summed E-state index contributed by atoms with van der Waals surface area (Å²) in [6.07, 6.45) is 1.67. The highest BCUT2D eigenvalue weighted by Crippen LogP contribution is 2.24. The molecule has 1 aromatic carbocycles. The molecule has 0 spiro atoms. The molecule has 0 aliphatic carbocycles. The first-order valence-corrected chi connectivity index (χ1v) is 6.93. The van der Waals surface area contributed by atoms with E-state index < -0.39 is 0 Å². The van der Waals surface area contributed by atoms with Crippen molar-refractivity contribution in [2.45, 2.75) is 12.8 Å². The van der Waals surface area contributed by atoms with Crippen LogP contribution < -0.4 is 15.4 Å². The van der Waals surface area contributed by atoms with Crippen molar-refractivity contribution in [3.8, 4) is 5.88 Å². The number of aromatic nitrogens is 2. The molecule has 110 valence electrons. The second-order valence-corrected chi connectivity index (χ2v) is 4.87. The summed E-state index contributed by atoms with van der Waals surface area (Å²) in [6, 6.07) is 6.22. The molecule has 21 heavy (non-hydrogen) atoms. The molecule has 1 aromatic heterocycles. The van der Waals surface area contributed by atoms with Gasteiger partial charge in [0.15, 0.2) is 0 Å². The van der Waals surface area contributed by atoms with Crippen LogP contribution in [0.3, 0.4) is 0 Å². The van der Waals surface area contributed by atoms with Gasteiger partial charge in [0.1, 0.15) is 5.82 Å². The van der Waals surface area contributed by atoms with Crippen molar-refractivity contribution >= 4 is 11.6 Å². The summed E-state index contributed by atoms with van der Waals surface area (Å²) in [5.74, 6) is 0.714. The highest BCUT2D eigenvalue weighted by molar-refractivity contribution is 5.54. The summed E-state index contributed by atoms with van der Waals surface area (Å²) in [5, 5.41) is 6.36. The highest BCUT2D eigenvalue weighted by atomic mass is 19.1. The Labute approximate surface area is 122 Å². The van der Waals surface area contributed by atoms with Gasteiger partial charge in [-0.2, -0.15) is 4.98 Å². The summed E-state index contributed by atoms with van der Waals surface area (Å²) in [5.41, 5.74) is 2.64. The van der Waals surface area contributed by atoms with Gasteiger partial charge in [-0.25, -0.2) is 9.37 Å². The Morgan fingerprint density at radius 3 is 2.90 bits per heavy atom. The minimum atomic E-state index is -0.300. The minimum absolute atomic E-state index is 0.300. The predicted molar refractivity (Wildman–Crippen MR) is 78.5 cm³/mol. The summed E-state index contributed by atoms with van der Waals surface area (Å²) in [6.45, 7) is 1.77. The standard InChI is InChI=1S/C15H17FN4O/c1-21-14-12-5-7-17-8-6-13(12)19-15(20-14)18-11-4-2-3-10(16)9-11/h2-4,9,17H,5-8H2,1H3,(H,18,19,20). The van der Waals surface area contributed by atoms with E-state index in [1.165, 1.54) is 12.1 Å². The third-order valence-corrected chi connectivity index (χ3v) is 3.42. The van der Waals surface area contributed by atoms with Gasteiger partial charge in [-0.15, -0.1) is 0 Å². The number of hydrogen-bond acceptors (Lipinski definition) is 5. The van der Waals surface area contributed by atoms with E-state index in [0.29, 0.717) is 17.5 Å². The molecule has 3 rings (SSSR count). The van der Waals surface area contributed by atoms with Crippen molar-refractivity contribution in [2.75, 3.05) is 25.5 Å². The Morgan fingerprint density at radius 2 is 2.10 bits per heavy atom. The van der Waals surface area contributed by atoms with Gasteiger partial charge in [0.25, 0.3) is 0 Å². The highest BCUT2D eigenvalue weighted by Gasteiger charge is 2.17. The van der Waals surface area contributed by atoms with Crippen molar-refractivity contribution in [3.05, 3.63) is 41.3 Å². The predicted octanol–water partition coefficient (Wildman–Crippen LogP) is 2.06. The summed E-state index contributed by atoms with van der Waals surface area (Å²) >= 11 is 0. The van der Waals surface area contributed by atoms with Crippen LogP contribution in [0.1, 0.15) is 11.3 Å². The van der Waals surface area contributed by atoms with Crippen LogP contribution in [0.5, 0.6) is 5.88 Å². The SMILES string of the molecule is COc1nc(Nc2cccc(F)c2)nc2c1CCNCC2. The van der Waals surface area contributed by atoms with E-state index in [4.69, 9.17) is 4.74 Å². The van der Waals surface area contributed by atoms with Gasteiger partial charge in [-0.1, -0.05) is 6.07 Å². The number of halogens is 1. The van der Waals surface area contributed by atoms with E-state index in [2.05, 4.69) is 20.6 Å². The van der Waals surface area contributed by atoms with Crippen LogP contribution >= 0.6 is 0 Å². The van der Waals surface area contributed by atoms with Gasteiger partial charge in [-0.05, 0) is 31.2 Å². The van der Waals surface area contributed by atoms with Crippen LogP contribution in [-0.2, 0) is 12.8 Å². The maximum Gasteiger partial charge on any atom is 0.230 e. The molecular weight excluding hydrogens is 271 g/mol. The van der Waals surface area contributed by atoms with Gasteiger partial charge in [0, 0.05) is 24.2 Å². The fraction of sp³-hybridized carbons (Fsp3) is 0.333. The first kappa shape index (κ1) is 13.8. The monoisotopic (exact) mass is 288 g/mol. The Morgan fingerprint density at radius 1 is 1.24 bits per heavy atom. The minimum Gasteiger partial charge on any atom is -0.481 e. The molecule has 1 aliphatic heterocycles. The Balaban J connectivity index is 1.94. The maximum absolute atomic E-state index is 13.2. The van der Waals surface area contributed by atoms with Crippen LogP contribution in [0.25, 0.3) is 0 Å². The Hall–Kier alpha value is -2.21. The third-order valence-electron chi connectivity index (χ3n) is 3.42. The zero-order valence-electron chi connectivity index (χ0n) is 11.8. The van der Waals surface area contributed by atoms with E-state index in [9.17, 15) is 4.39 Å². The van der Waals surface area contributed by atoms with Gasteiger partial charge < -0.3 is 15.4 Å². The average Bonchev–Trinajstić information content (AvgIpc) is 2.71. The molecule has 0 unspecified atom stereocenters. The van der Waals surface area contributed by atoms with Gasteiger partial charge in [0.2, 0.25) is 11.8 Å². The number of anilines is 2. The van der Waals surface area contributed by atoms with Gasteiger partial charge in [-0.3, -0.25) is 0 Å². The smallest absolute Gasteiger partial charge is 0.230 e. The molecule has 2 aromatic rings. The molecule has 0 amide bonds. The normalized spacial score (nSPS) is 14.2. The first-order chi connectivity index (χ1) is 10.3. The molecule has 1 aliphatic rings. The number of methoxy groups -OCH3 is 1. The van der Waals surface area contributed by atoms with E-state index >= 15 is 0 Å². The van der Waals surface area contributed by atoms with E-state index in [1.807, 2.05) is 0 Å². The molecule has 2 heterocycles. The molecule has 0 bridgehead atoms. The number of fused-ring (bicyclic) bond motifs is 1. The quantitative estimate of drug-likeness (QED) is 0.905. The zero-order chi connectivity index (χ0) is 14.7. The molecular formula is C15H17FN4O. The lowest BCUT2D eigenvalue weighted by Crippen LogP contribution is -2.16. The maximum atomic E-state index is 13.2. The molecule has 2 N–H and O–H groups in total.